The van der Waals surface area contributed by atoms with Crippen molar-refractivity contribution in [3.8, 4) is 0 Å². The van der Waals surface area contributed by atoms with Crippen molar-refractivity contribution >= 4 is 16.7 Å². The van der Waals surface area contributed by atoms with Gasteiger partial charge in [0, 0.05) is 25.4 Å². The fourth-order valence-electron chi connectivity index (χ4n) is 2.25. The molecule has 1 N–H and O–H groups in total. The first-order valence-electron chi connectivity index (χ1n) is 6.62. The summed E-state index contributed by atoms with van der Waals surface area (Å²) >= 11 is 0.595. The van der Waals surface area contributed by atoms with Gasteiger partial charge in [0.15, 0.2) is 0 Å². The van der Waals surface area contributed by atoms with Crippen LogP contribution in [-0.4, -0.2) is 27.9 Å². The van der Waals surface area contributed by atoms with Crippen LogP contribution in [0.5, 0.6) is 0 Å². The van der Waals surface area contributed by atoms with E-state index in [0.717, 1.165) is 0 Å². The van der Waals surface area contributed by atoms with E-state index in [-0.39, 0.29) is 0 Å². The van der Waals surface area contributed by atoms with Crippen molar-refractivity contribution in [2.75, 3.05) is 13.1 Å². The van der Waals surface area contributed by atoms with Crippen LogP contribution in [0.1, 0.15) is 18.7 Å². The van der Waals surface area contributed by atoms with Gasteiger partial charge in [0.25, 0.3) is 0 Å². The number of allylic oxidation sites excluding steroid dienone is 2. The van der Waals surface area contributed by atoms with Crippen molar-refractivity contribution in [2.45, 2.75) is 18.1 Å². The highest BCUT2D eigenvalue weighted by Gasteiger charge is 2.42. The van der Waals surface area contributed by atoms with Crippen LogP contribution >= 0.6 is 11.8 Å². The van der Waals surface area contributed by atoms with Crippen LogP contribution in [0.3, 0.4) is 0 Å². The average molecular weight is 299 g/mol. The number of alkyl halides is 2. The van der Waals surface area contributed by atoms with Gasteiger partial charge in [-0.3, -0.25) is 0 Å². The average Bonchev–Trinajstić information content (AvgIpc) is 2.85. The summed E-state index contributed by atoms with van der Waals surface area (Å²) in [6.45, 7) is 4.91. The van der Waals surface area contributed by atoms with Gasteiger partial charge in [-0.1, -0.05) is 12.7 Å². The number of hydrogen-bond donors (Lipinski definition) is 1. The number of nitrogens with zero attached hydrogens (tertiary/aromatic N) is 2. The number of aromatic nitrogens is 2. The third-order valence-electron chi connectivity index (χ3n) is 3.37. The van der Waals surface area contributed by atoms with Gasteiger partial charge in [-0.15, -0.1) is 0 Å². The first-order valence-corrected chi connectivity index (χ1v) is 7.44. The van der Waals surface area contributed by atoms with Crippen LogP contribution in [0.2, 0.25) is 0 Å². The van der Waals surface area contributed by atoms with Gasteiger partial charge in [0.05, 0.1) is 4.91 Å². The molecule has 2 rings (SSSR count). The molecule has 1 aromatic heterocycles. The number of piperidine rings is 1. The number of hydrogen-bond acceptors (Lipinski definition) is 3. The molecule has 0 unspecified atom stereocenters. The lowest BCUT2D eigenvalue weighted by atomic mass is 9.99. The van der Waals surface area contributed by atoms with Crippen molar-refractivity contribution < 1.29 is 8.78 Å². The molecule has 1 aliphatic rings. The van der Waals surface area contributed by atoms with Gasteiger partial charge in [0.1, 0.15) is 5.82 Å². The fourth-order valence-corrected chi connectivity index (χ4v) is 3.40. The Kier molecular flexibility index (Phi) is 4.99. The highest BCUT2D eigenvalue weighted by atomic mass is 32.2. The molecule has 1 fully saturated rings. The second-order valence-corrected chi connectivity index (χ2v) is 6.00. The zero-order valence-electron chi connectivity index (χ0n) is 11.5. The third-order valence-corrected chi connectivity index (χ3v) is 4.52. The van der Waals surface area contributed by atoms with E-state index in [2.05, 4.69) is 16.9 Å². The Balaban J connectivity index is 2.17. The van der Waals surface area contributed by atoms with Crippen LogP contribution in [0.15, 0.2) is 31.1 Å². The maximum absolute atomic E-state index is 14.4. The molecule has 20 heavy (non-hydrogen) atoms. The summed E-state index contributed by atoms with van der Waals surface area (Å²) in [4.78, 5) is 4.60. The zero-order valence-corrected chi connectivity index (χ0v) is 12.3. The standard InChI is InChI=1S/C14H19F2N3S/c1-3-4-12(13-18-9-10-19(13)2)20-14(15,16)11-5-7-17-8-6-11/h3-4,9-11,17H,1,5-8H2,2H3/b12-4+. The van der Waals surface area contributed by atoms with E-state index in [4.69, 9.17) is 0 Å². The van der Waals surface area contributed by atoms with Gasteiger partial charge in [-0.2, -0.15) is 8.78 Å². The lowest BCUT2D eigenvalue weighted by molar-refractivity contribution is 0.0238. The summed E-state index contributed by atoms with van der Waals surface area (Å²) < 4.78 is 30.6. The number of thioether (sulfide) groups is 1. The number of imidazole rings is 1. The highest BCUT2D eigenvalue weighted by Crippen LogP contribution is 2.47. The highest BCUT2D eigenvalue weighted by molar-refractivity contribution is 8.09. The van der Waals surface area contributed by atoms with Gasteiger partial charge in [-0.25, -0.2) is 4.98 Å². The molecule has 0 atom stereocenters. The maximum atomic E-state index is 14.4. The summed E-state index contributed by atoms with van der Waals surface area (Å²) in [5, 5.41) is 0.323. The molecule has 0 aromatic carbocycles. The fraction of sp³-hybridized carbons (Fsp3) is 0.500. The second-order valence-electron chi connectivity index (χ2n) is 4.82. The Morgan fingerprint density at radius 3 is 2.80 bits per heavy atom. The van der Waals surface area contributed by atoms with Gasteiger partial charge >= 0.3 is 5.25 Å². The van der Waals surface area contributed by atoms with Gasteiger partial charge < -0.3 is 9.88 Å². The van der Waals surface area contributed by atoms with Gasteiger partial charge in [-0.05, 0) is 43.8 Å². The molecule has 0 radical (unpaired) electrons. The molecule has 2 heterocycles. The topological polar surface area (TPSA) is 29.9 Å². The summed E-state index contributed by atoms with van der Waals surface area (Å²) in [6, 6.07) is 0. The zero-order chi connectivity index (χ0) is 14.6. The lowest BCUT2D eigenvalue weighted by Gasteiger charge is -2.30. The van der Waals surface area contributed by atoms with Crippen molar-refractivity contribution in [2.24, 2.45) is 13.0 Å². The van der Waals surface area contributed by atoms with Crippen molar-refractivity contribution in [1.29, 1.82) is 0 Å². The maximum Gasteiger partial charge on any atom is 0.301 e. The van der Waals surface area contributed by atoms with Crippen LogP contribution in [0.4, 0.5) is 8.78 Å². The molecule has 3 nitrogen and oxygen atoms in total. The van der Waals surface area contributed by atoms with Crippen LogP contribution < -0.4 is 5.32 Å². The Bertz CT molecular complexity index is 490. The Hall–Kier alpha value is -1.14. The Morgan fingerprint density at radius 2 is 2.25 bits per heavy atom. The lowest BCUT2D eigenvalue weighted by Crippen LogP contribution is -2.36. The number of halogens is 2. The molecular weight excluding hydrogens is 280 g/mol. The first-order chi connectivity index (χ1) is 9.54. The van der Waals surface area contributed by atoms with E-state index < -0.39 is 11.2 Å². The summed E-state index contributed by atoms with van der Waals surface area (Å²) in [5.41, 5.74) is 0. The molecule has 1 aromatic rings. The van der Waals surface area contributed by atoms with E-state index >= 15 is 0 Å². The molecule has 0 saturated carbocycles. The Labute approximate surface area is 122 Å². The predicted molar refractivity (Wildman–Crippen MR) is 79.5 cm³/mol. The number of aryl methyl sites for hydroxylation is 1. The number of nitrogens with one attached hydrogen (secondary N) is 1. The predicted octanol–water partition coefficient (Wildman–Crippen LogP) is 3.27. The summed E-state index contributed by atoms with van der Waals surface area (Å²) in [7, 11) is 1.79. The van der Waals surface area contributed by atoms with Gasteiger partial charge in [0.2, 0.25) is 0 Å². The van der Waals surface area contributed by atoms with Crippen LogP contribution in [0, 0.1) is 5.92 Å². The molecule has 0 aliphatic carbocycles. The molecule has 0 amide bonds. The second kappa shape index (κ2) is 6.54. The van der Waals surface area contributed by atoms with Crippen LogP contribution in [0.25, 0.3) is 4.91 Å². The molecule has 1 aliphatic heterocycles. The van der Waals surface area contributed by atoms with E-state index in [9.17, 15) is 8.78 Å². The SMILES string of the molecule is C=C/C=C(/SC(F)(F)C1CCNCC1)c1nccn1C. The normalized spacial score (nSPS) is 18.2. The van der Waals surface area contributed by atoms with Crippen molar-refractivity contribution in [3.05, 3.63) is 36.9 Å². The molecule has 110 valence electrons. The third kappa shape index (κ3) is 3.49. The largest absolute Gasteiger partial charge is 0.334 e. The summed E-state index contributed by atoms with van der Waals surface area (Å²) in [5.74, 6) is -0.0502. The summed E-state index contributed by atoms with van der Waals surface area (Å²) in [6.07, 6.45) is 7.48. The minimum Gasteiger partial charge on any atom is -0.334 e. The van der Waals surface area contributed by atoms with Crippen LogP contribution in [-0.2, 0) is 7.05 Å². The minimum atomic E-state index is -2.79. The number of rotatable bonds is 5. The minimum absolute atomic E-state index is 0.455. The quantitative estimate of drug-likeness (QED) is 0.846. The molecule has 6 heteroatoms. The molecule has 0 bridgehead atoms. The molecular formula is C14H19F2N3S. The van der Waals surface area contributed by atoms with E-state index in [1.54, 1.807) is 30.1 Å². The monoisotopic (exact) mass is 299 g/mol. The van der Waals surface area contributed by atoms with E-state index in [0.29, 0.717) is 48.4 Å². The Morgan fingerprint density at radius 1 is 1.55 bits per heavy atom. The smallest absolute Gasteiger partial charge is 0.301 e. The van der Waals surface area contributed by atoms with Crippen molar-refractivity contribution in [3.63, 3.8) is 0 Å². The first kappa shape index (κ1) is 15.3. The van der Waals surface area contributed by atoms with Crippen molar-refractivity contribution in [1.82, 2.24) is 14.9 Å². The molecule has 0 spiro atoms. The van der Waals surface area contributed by atoms with E-state index in [1.165, 1.54) is 6.08 Å². The van der Waals surface area contributed by atoms with E-state index in [1.807, 2.05) is 0 Å². The molecule has 1 saturated heterocycles.